The zero-order valence-electron chi connectivity index (χ0n) is 25.7. The number of benzene rings is 1. The molecule has 4 aliphatic rings. The van der Waals surface area contributed by atoms with Crippen molar-refractivity contribution in [1.29, 1.82) is 5.26 Å². The summed E-state index contributed by atoms with van der Waals surface area (Å²) >= 11 is 1.07. The molecule has 5 atom stereocenters. The molecule has 4 aliphatic heterocycles. The largest absolute Gasteiger partial charge is 0.474 e. The number of likely N-dealkylation sites (tertiary alicyclic amines) is 1. The van der Waals surface area contributed by atoms with Gasteiger partial charge in [0.2, 0.25) is 11.8 Å². The van der Waals surface area contributed by atoms with Crippen molar-refractivity contribution in [1.82, 2.24) is 29.3 Å². The molecule has 8 rings (SSSR count). The monoisotopic (exact) mass is 649 g/mol. The number of aliphatic hydroxyl groups is 1. The minimum absolute atomic E-state index is 0.189. The van der Waals surface area contributed by atoms with Crippen LogP contribution >= 0.6 is 11.3 Å². The second kappa shape index (κ2) is 11.3. The average Bonchev–Trinajstić information content (AvgIpc) is 3.80. The first-order valence-electron chi connectivity index (χ1n) is 16.1. The molecule has 1 unspecified atom stereocenters. The van der Waals surface area contributed by atoms with Gasteiger partial charge in [-0.2, -0.15) is 15.2 Å². The van der Waals surface area contributed by atoms with Crippen LogP contribution in [0.5, 0.6) is 5.88 Å². The minimum atomic E-state index is -0.866. The molecule has 0 aliphatic carbocycles. The number of ether oxygens (including phenoxy) is 1. The van der Waals surface area contributed by atoms with E-state index in [1.807, 2.05) is 11.5 Å². The second-order valence-electron chi connectivity index (χ2n) is 13.5. The first kappa shape index (κ1) is 29.7. The molecule has 3 N–H and O–H groups in total. The molecule has 3 aromatic heterocycles. The van der Waals surface area contributed by atoms with Crippen molar-refractivity contribution in [2.24, 2.45) is 0 Å². The number of piperazine rings is 1. The maximum Gasteiger partial charge on any atom is 0.247 e. The molecular weight excluding hydrogens is 612 g/mol. The van der Waals surface area contributed by atoms with Crippen LogP contribution in [-0.4, -0.2) is 104 Å². The maximum absolute atomic E-state index is 14.8. The third kappa shape index (κ3) is 4.87. The number of hydrogen-bond acceptors (Lipinski definition) is 11. The van der Waals surface area contributed by atoms with E-state index in [0.29, 0.717) is 59.2 Å². The van der Waals surface area contributed by atoms with Gasteiger partial charge >= 0.3 is 0 Å². The number of fused-ring (bicyclic) bond motifs is 5. The van der Waals surface area contributed by atoms with Gasteiger partial charge in [-0.15, -0.1) is 11.3 Å². The van der Waals surface area contributed by atoms with Gasteiger partial charge in [0, 0.05) is 50.1 Å². The smallest absolute Gasteiger partial charge is 0.247 e. The Bertz CT molecular complexity index is 1840. The predicted molar refractivity (Wildman–Crippen MR) is 171 cm³/mol. The zero-order chi connectivity index (χ0) is 31.7. The molecule has 4 fully saturated rings. The van der Waals surface area contributed by atoms with Gasteiger partial charge in [-0.25, -0.2) is 13.8 Å². The Labute approximate surface area is 269 Å². The zero-order valence-corrected chi connectivity index (χ0v) is 26.5. The van der Waals surface area contributed by atoms with Crippen molar-refractivity contribution >= 4 is 43.5 Å². The SMILES string of the molecule is CC(O)CN1C[C@H]2CC[C@@H](C1)N2c1nc(OC[C@@]23CCCN2C[C@H](F)C3)c2ncn(Cc3ccc(F)c4sc(N)c(C#N)c34)c2n1. The number of imidazole rings is 1. The minimum Gasteiger partial charge on any atom is -0.474 e. The summed E-state index contributed by atoms with van der Waals surface area (Å²) < 4.78 is 38.1. The van der Waals surface area contributed by atoms with Gasteiger partial charge in [0.15, 0.2) is 11.2 Å². The molecule has 4 saturated heterocycles. The Kier molecular flexibility index (Phi) is 7.28. The van der Waals surface area contributed by atoms with E-state index in [0.717, 1.165) is 62.2 Å². The lowest BCUT2D eigenvalue weighted by atomic mass is 9.95. The Hall–Kier alpha value is -3.64. The van der Waals surface area contributed by atoms with Crippen molar-refractivity contribution in [2.75, 3.05) is 50.0 Å². The highest BCUT2D eigenvalue weighted by Gasteiger charge is 2.49. The van der Waals surface area contributed by atoms with Crippen molar-refractivity contribution in [3.8, 4) is 11.9 Å². The van der Waals surface area contributed by atoms with E-state index < -0.39 is 18.1 Å². The number of hydrogen-bond donors (Lipinski definition) is 2. The Morgan fingerprint density at radius 2 is 2.04 bits per heavy atom. The fourth-order valence-electron chi connectivity index (χ4n) is 8.41. The first-order valence-corrected chi connectivity index (χ1v) is 16.9. The predicted octanol–water partition coefficient (Wildman–Crippen LogP) is 3.67. The molecule has 4 aromatic rings. The average molecular weight is 650 g/mol. The molecule has 1 aromatic carbocycles. The molecule has 11 nitrogen and oxygen atoms in total. The standard InChI is InChI=1S/C32H37F2N9O2S/c1-18(44)11-40-14-21-4-5-22(15-40)43(21)31-38-29-26(30(39-31)45-16-32-7-2-8-42(32)13-20(33)9-32)37-17-41(29)12-19-3-6-24(34)27-25(19)23(10-35)28(36)46-27/h3,6,17-18,20-22,44H,2,4-5,7-9,11-16,36H2,1H3/t18?,20-,21-,22+,32+/m1/s1. The van der Waals surface area contributed by atoms with Crippen LogP contribution in [0.2, 0.25) is 0 Å². The Morgan fingerprint density at radius 1 is 1.24 bits per heavy atom. The van der Waals surface area contributed by atoms with E-state index in [2.05, 4.69) is 20.8 Å². The normalized spacial score (nSPS) is 27.1. The molecule has 242 valence electrons. The number of alkyl halides is 1. The topological polar surface area (TPSA) is 133 Å². The highest BCUT2D eigenvalue weighted by molar-refractivity contribution is 7.23. The fourth-order valence-corrected chi connectivity index (χ4v) is 9.38. The van der Waals surface area contributed by atoms with Crippen molar-refractivity contribution in [2.45, 2.75) is 75.5 Å². The van der Waals surface area contributed by atoms with Crippen LogP contribution in [0.25, 0.3) is 21.3 Å². The number of rotatable bonds is 8. The maximum atomic E-state index is 14.8. The van der Waals surface area contributed by atoms with E-state index in [1.165, 1.54) is 6.07 Å². The number of nitriles is 1. The van der Waals surface area contributed by atoms with E-state index in [9.17, 15) is 19.1 Å². The van der Waals surface area contributed by atoms with Gasteiger partial charge in [0.1, 0.15) is 29.7 Å². The molecule has 7 heterocycles. The van der Waals surface area contributed by atoms with Gasteiger partial charge in [-0.1, -0.05) is 6.07 Å². The fraction of sp³-hybridized carbons (Fsp3) is 0.562. The number of nitrogens with two attached hydrogens (primary N) is 1. The number of β-amino-alcohol motifs (C(OH)–C–C–N with tert-alkyl or cyclic N) is 1. The number of nitrogen functional groups attached to an aromatic ring is 1. The Balaban J connectivity index is 1.19. The van der Waals surface area contributed by atoms with Crippen LogP contribution in [-0.2, 0) is 6.54 Å². The number of halogens is 2. The van der Waals surface area contributed by atoms with Gasteiger partial charge in [0.25, 0.3) is 0 Å². The molecule has 14 heteroatoms. The quantitative estimate of drug-likeness (QED) is 0.291. The summed E-state index contributed by atoms with van der Waals surface area (Å²) in [6, 6.07) is 5.61. The number of aromatic nitrogens is 4. The first-order chi connectivity index (χ1) is 22.2. The third-order valence-electron chi connectivity index (χ3n) is 10.3. The lowest BCUT2D eigenvalue weighted by molar-refractivity contribution is 0.109. The molecule has 0 spiro atoms. The van der Waals surface area contributed by atoms with E-state index in [4.69, 9.17) is 25.4 Å². The summed E-state index contributed by atoms with van der Waals surface area (Å²) in [5.41, 5.74) is 7.84. The van der Waals surface area contributed by atoms with Gasteiger partial charge in [-0.3, -0.25) is 9.80 Å². The Morgan fingerprint density at radius 3 is 2.80 bits per heavy atom. The summed E-state index contributed by atoms with van der Waals surface area (Å²) in [7, 11) is 0. The third-order valence-corrected chi connectivity index (χ3v) is 11.4. The number of nitrogens with zero attached hydrogens (tertiary/aromatic N) is 8. The van der Waals surface area contributed by atoms with E-state index >= 15 is 0 Å². The number of anilines is 2. The van der Waals surface area contributed by atoms with Crippen LogP contribution in [0.1, 0.15) is 50.2 Å². The van der Waals surface area contributed by atoms with Crippen molar-refractivity contribution < 1.29 is 18.6 Å². The summed E-state index contributed by atoms with van der Waals surface area (Å²) in [5, 5.41) is 20.7. The number of thiophene rings is 1. The van der Waals surface area contributed by atoms with Crippen LogP contribution in [0.3, 0.4) is 0 Å². The van der Waals surface area contributed by atoms with Crippen LogP contribution in [0, 0.1) is 17.1 Å². The van der Waals surface area contributed by atoms with Crippen LogP contribution < -0.4 is 15.4 Å². The summed E-state index contributed by atoms with van der Waals surface area (Å²) in [4.78, 5) is 21.6. The van der Waals surface area contributed by atoms with Gasteiger partial charge in [0.05, 0.1) is 34.8 Å². The molecule has 2 bridgehead atoms. The molecule has 0 amide bonds. The lowest BCUT2D eigenvalue weighted by Crippen LogP contribution is -2.55. The summed E-state index contributed by atoms with van der Waals surface area (Å²) in [6.07, 6.45) is 4.74. The van der Waals surface area contributed by atoms with Crippen molar-refractivity contribution in [3.63, 3.8) is 0 Å². The summed E-state index contributed by atoms with van der Waals surface area (Å²) in [5.74, 6) is 0.515. The lowest BCUT2D eigenvalue weighted by Gasteiger charge is -2.41. The van der Waals surface area contributed by atoms with Gasteiger partial charge < -0.3 is 25.0 Å². The molecule has 0 radical (unpaired) electrons. The second-order valence-corrected chi connectivity index (χ2v) is 14.5. The molecule has 46 heavy (non-hydrogen) atoms. The molecular formula is C32H37F2N9O2S. The number of aliphatic hydroxyl groups excluding tert-OH is 1. The van der Waals surface area contributed by atoms with E-state index in [1.54, 1.807) is 12.4 Å². The summed E-state index contributed by atoms with van der Waals surface area (Å²) in [6.45, 7) is 5.95. The van der Waals surface area contributed by atoms with Crippen LogP contribution in [0.4, 0.5) is 19.7 Å². The van der Waals surface area contributed by atoms with Gasteiger partial charge in [-0.05, 0) is 50.8 Å². The van der Waals surface area contributed by atoms with E-state index in [-0.39, 0.29) is 34.7 Å². The van der Waals surface area contributed by atoms with Crippen molar-refractivity contribution in [3.05, 3.63) is 35.4 Å². The highest BCUT2D eigenvalue weighted by atomic mass is 32.1. The van der Waals surface area contributed by atoms with Crippen LogP contribution in [0.15, 0.2) is 18.5 Å². The highest BCUT2D eigenvalue weighted by Crippen LogP contribution is 2.42. The molecule has 0 saturated carbocycles.